The fourth-order valence-electron chi connectivity index (χ4n) is 2.33. The lowest BCUT2D eigenvalue weighted by Crippen LogP contribution is -2.08. The van der Waals surface area contributed by atoms with Crippen molar-refractivity contribution in [3.63, 3.8) is 0 Å². The molecule has 98 valence electrons. The van der Waals surface area contributed by atoms with Gasteiger partial charge in [-0.3, -0.25) is 0 Å². The van der Waals surface area contributed by atoms with Crippen molar-refractivity contribution >= 4 is 0 Å². The third-order valence-electron chi connectivity index (χ3n) is 4.16. The van der Waals surface area contributed by atoms with Gasteiger partial charge in [-0.15, -0.1) is 0 Å². The van der Waals surface area contributed by atoms with Gasteiger partial charge in [-0.2, -0.15) is 0 Å². The lowest BCUT2D eigenvalue weighted by molar-refractivity contribution is 0.310. The van der Waals surface area contributed by atoms with Gasteiger partial charge in [0.1, 0.15) is 0 Å². The van der Waals surface area contributed by atoms with Crippen LogP contribution in [0, 0.1) is 17.8 Å². The summed E-state index contributed by atoms with van der Waals surface area (Å²) in [5.41, 5.74) is 0. The van der Waals surface area contributed by atoms with E-state index in [0.717, 1.165) is 17.8 Å². The molecule has 0 aromatic heterocycles. The maximum Gasteiger partial charge on any atom is -0.0412 e. The van der Waals surface area contributed by atoms with Crippen LogP contribution in [0.5, 0.6) is 0 Å². The molecule has 0 bridgehead atoms. The molecule has 0 aliphatic carbocycles. The molecule has 0 heterocycles. The summed E-state index contributed by atoms with van der Waals surface area (Å²) in [6.07, 6.45) is 11.3. The van der Waals surface area contributed by atoms with E-state index in [0.29, 0.717) is 0 Å². The molecule has 0 spiro atoms. The van der Waals surface area contributed by atoms with Crippen LogP contribution in [-0.2, 0) is 0 Å². The van der Waals surface area contributed by atoms with E-state index in [1.807, 2.05) is 0 Å². The first-order chi connectivity index (χ1) is 7.63. The third kappa shape index (κ3) is 8.19. The molecule has 0 amide bonds. The monoisotopic (exact) mass is 226 g/mol. The van der Waals surface area contributed by atoms with Crippen LogP contribution in [-0.4, -0.2) is 0 Å². The van der Waals surface area contributed by atoms with Crippen LogP contribution in [0.25, 0.3) is 0 Å². The molecule has 0 aliphatic heterocycles. The van der Waals surface area contributed by atoms with Crippen LogP contribution in [0.4, 0.5) is 0 Å². The maximum atomic E-state index is 2.42. The van der Waals surface area contributed by atoms with Crippen LogP contribution in [0.3, 0.4) is 0 Å². The molecule has 0 saturated carbocycles. The van der Waals surface area contributed by atoms with E-state index < -0.39 is 0 Å². The van der Waals surface area contributed by atoms with Gasteiger partial charge in [0, 0.05) is 0 Å². The highest BCUT2D eigenvalue weighted by Crippen LogP contribution is 2.26. The molecule has 3 atom stereocenters. The van der Waals surface area contributed by atoms with Crippen molar-refractivity contribution in [2.45, 2.75) is 86.0 Å². The summed E-state index contributed by atoms with van der Waals surface area (Å²) < 4.78 is 0. The predicted molar refractivity (Wildman–Crippen MR) is 75.8 cm³/mol. The predicted octanol–water partition coefficient (Wildman–Crippen LogP) is 6.06. The van der Waals surface area contributed by atoms with Crippen molar-refractivity contribution in [1.29, 1.82) is 0 Å². The number of hydrogen-bond donors (Lipinski definition) is 0. The summed E-state index contributed by atoms with van der Waals surface area (Å²) in [5, 5.41) is 0. The molecule has 0 fully saturated rings. The van der Waals surface area contributed by atoms with Gasteiger partial charge >= 0.3 is 0 Å². The summed E-state index contributed by atoms with van der Waals surface area (Å²) >= 11 is 0. The van der Waals surface area contributed by atoms with Gasteiger partial charge in [0.15, 0.2) is 0 Å². The normalized spacial score (nSPS) is 17.1. The Labute approximate surface area is 104 Å². The van der Waals surface area contributed by atoms with E-state index in [2.05, 4.69) is 34.6 Å². The standard InChI is InChI=1S/C16H34/c1-6-9-10-16(13-15(5)8-3)12-11-14(4)7-2/h14-16H,6-13H2,1-5H3. The highest BCUT2D eigenvalue weighted by molar-refractivity contribution is 4.65. The number of rotatable bonds is 10. The molecule has 0 radical (unpaired) electrons. The third-order valence-corrected chi connectivity index (χ3v) is 4.16. The Balaban J connectivity index is 3.89. The molecule has 0 saturated heterocycles. The first kappa shape index (κ1) is 16.0. The van der Waals surface area contributed by atoms with Crippen molar-refractivity contribution in [2.24, 2.45) is 17.8 Å². The first-order valence-electron chi connectivity index (χ1n) is 7.63. The molecule has 0 rings (SSSR count). The van der Waals surface area contributed by atoms with E-state index in [4.69, 9.17) is 0 Å². The van der Waals surface area contributed by atoms with Crippen molar-refractivity contribution in [3.05, 3.63) is 0 Å². The van der Waals surface area contributed by atoms with Crippen molar-refractivity contribution in [1.82, 2.24) is 0 Å². The molecule has 3 unspecified atom stereocenters. The van der Waals surface area contributed by atoms with Crippen LogP contribution in [0.2, 0.25) is 0 Å². The summed E-state index contributed by atoms with van der Waals surface area (Å²) in [4.78, 5) is 0. The summed E-state index contributed by atoms with van der Waals surface area (Å²) in [6.45, 7) is 11.8. The Morgan fingerprint density at radius 3 is 1.88 bits per heavy atom. The zero-order valence-corrected chi connectivity index (χ0v) is 12.4. The fraction of sp³-hybridized carbons (Fsp3) is 1.00. The minimum atomic E-state index is 0.929. The van der Waals surface area contributed by atoms with E-state index in [1.54, 1.807) is 0 Å². The lowest BCUT2D eigenvalue weighted by Gasteiger charge is -2.21. The summed E-state index contributed by atoms with van der Waals surface area (Å²) in [5.74, 6) is 2.86. The van der Waals surface area contributed by atoms with E-state index in [9.17, 15) is 0 Å². The Hall–Kier alpha value is 0. The molecule has 16 heavy (non-hydrogen) atoms. The average Bonchev–Trinajstić information content (AvgIpc) is 2.31. The lowest BCUT2D eigenvalue weighted by atomic mass is 9.85. The Kier molecular flexibility index (Phi) is 10.2. The second-order valence-electron chi connectivity index (χ2n) is 5.85. The van der Waals surface area contributed by atoms with Gasteiger partial charge in [0.25, 0.3) is 0 Å². The van der Waals surface area contributed by atoms with E-state index in [-0.39, 0.29) is 0 Å². The average molecular weight is 226 g/mol. The molecule has 0 aromatic carbocycles. The fourth-order valence-corrected chi connectivity index (χ4v) is 2.33. The smallest absolute Gasteiger partial charge is 0.0412 e. The zero-order valence-electron chi connectivity index (χ0n) is 12.4. The van der Waals surface area contributed by atoms with Crippen LogP contribution in [0.1, 0.15) is 86.0 Å². The van der Waals surface area contributed by atoms with Crippen molar-refractivity contribution < 1.29 is 0 Å². The van der Waals surface area contributed by atoms with Gasteiger partial charge in [-0.05, 0) is 24.2 Å². The van der Waals surface area contributed by atoms with Crippen LogP contribution >= 0.6 is 0 Å². The highest BCUT2D eigenvalue weighted by atomic mass is 14.2. The van der Waals surface area contributed by atoms with Crippen LogP contribution < -0.4 is 0 Å². The Morgan fingerprint density at radius 2 is 1.38 bits per heavy atom. The van der Waals surface area contributed by atoms with Crippen LogP contribution in [0.15, 0.2) is 0 Å². The number of hydrogen-bond acceptors (Lipinski definition) is 0. The Bertz CT molecular complexity index is 139. The minimum Gasteiger partial charge on any atom is -0.0654 e. The maximum absolute atomic E-state index is 2.42. The molecular weight excluding hydrogens is 192 g/mol. The van der Waals surface area contributed by atoms with Gasteiger partial charge in [-0.25, -0.2) is 0 Å². The summed E-state index contributed by atoms with van der Waals surface area (Å²) in [6, 6.07) is 0. The molecule has 0 N–H and O–H groups in total. The SMILES string of the molecule is CCCCC(CCC(C)CC)CC(C)CC. The van der Waals surface area contributed by atoms with Crippen molar-refractivity contribution in [2.75, 3.05) is 0 Å². The molecular formula is C16H34. The highest BCUT2D eigenvalue weighted by Gasteiger charge is 2.13. The first-order valence-corrected chi connectivity index (χ1v) is 7.63. The molecule has 0 heteroatoms. The van der Waals surface area contributed by atoms with Gasteiger partial charge < -0.3 is 0 Å². The quantitative estimate of drug-likeness (QED) is 0.425. The second kappa shape index (κ2) is 10.2. The summed E-state index contributed by atoms with van der Waals surface area (Å²) in [7, 11) is 0. The van der Waals surface area contributed by atoms with Gasteiger partial charge in [0.2, 0.25) is 0 Å². The molecule has 0 aliphatic rings. The van der Waals surface area contributed by atoms with Gasteiger partial charge in [-0.1, -0.05) is 79.6 Å². The van der Waals surface area contributed by atoms with Gasteiger partial charge in [0.05, 0.1) is 0 Å². The van der Waals surface area contributed by atoms with Crippen molar-refractivity contribution in [3.8, 4) is 0 Å². The zero-order chi connectivity index (χ0) is 12.4. The second-order valence-corrected chi connectivity index (χ2v) is 5.85. The van der Waals surface area contributed by atoms with E-state index in [1.165, 1.54) is 51.4 Å². The number of unbranched alkanes of at least 4 members (excludes halogenated alkanes) is 1. The molecule has 0 aromatic rings. The largest absolute Gasteiger partial charge is 0.0654 e. The molecule has 0 nitrogen and oxygen atoms in total. The minimum absolute atomic E-state index is 0.929. The Morgan fingerprint density at radius 1 is 0.750 bits per heavy atom. The van der Waals surface area contributed by atoms with E-state index >= 15 is 0 Å². The topological polar surface area (TPSA) is 0 Å².